The van der Waals surface area contributed by atoms with Gasteiger partial charge in [0, 0.05) is 13.1 Å². The number of likely N-dealkylation sites (tertiary alicyclic amines) is 1. The molecular weight excluding hydrogens is 338 g/mol. The third-order valence-corrected chi connectivity index (χ3v) is 6.05. The first-order valence-electron chi connectivity index (χ1n) is 10.2. The summed E-state index contributed by atoms with van der Waals surface area (Å²) in [5.41, 5.74) is 2.84. The summed E-state index contributed by atoms with van der Waals surface area (Å²) >= 11 is 0. The predicted octanol–water partition coefficient (Wildman–Crippen LogP) is 2.61. The molecule has 6 nitrogen and oxygen atoms in total. The minimum absolute atomic E-state index is 0.0471. The van der Waals surface area contributed by atoms with Gasteiger partial charge in [-0.3, -0.25) is 4.79 Å². The molecule has 0 radical (unpaired) electrons. The summed E-state index contributed by atoms with van der Waals surface area (Å²) in [6, 6.07) is 11.0. The van der Waals surface area contributed by atoms with Gasteiger partial charge in [-0.1, -0.05) is 35.5 Å². The van der Waals surface area contributed by atoms with E-state index in [1.165, 1.54) is 5.56 Å². The predicted molar refractivity (Wildman–Crippen MR) is 105 cm³/mol. The number of benzene rings is 1. The molecule has 2 fully saturated rings. The maximum atomic E-state index is 13.0. The minimum Gasteiger partial charge on any atom is -0.337 e. The fraction of sp³-hybridized carbons (Fsp3) is 0.571. The van der Waals surface area contributed by atoms with Crippen LogP contribution in [0.5, 0.6) is 0 Å². The van der Waals surface area contributed by atoms with Crippen LogP contribution in [-0.2, 0) is 6.42 Å². The summed E-state index contributed by atoms with van der Waals surface area (Å²) in [6.45, 7) is 5.62. The van der Waals surface area contributed by atoms with Crippen LogP contribution in [0.15, 0.2) is 30.3 Å². The molecule has 0 saturated carbocycles. The molecule has 0 bridgehead atoms. The van der Waals surface area contributed by atoms with Gasteiger partial charge in [0.25, 0.3) is 5.91 Å². The van der Waals surface area contributed by atoms with Crippen molar-refractivity contribution in [2.45, 2.75) is 45.1 Å². The second-order valence-corrected chi connectivity index (χ2v) is 7.87. The Labute approximate surface area is 160 Å². The van der Waals surface area contributed by atoms with Crippen LogP contribution in [0, 0.1) is 12.8 Å². The molecule has 2 saturated heterocycles. The van der Waals surface area contributed by atoms with E-state index in [2.05, 4.69) is 46.0 Å². The standard InChI is InChI=1S/C21H29N5O/c1-16-20(23-24-26(16)19-7-11-22-12-8-19)21(27)25-13-9-18(10-14-25)15-17-5-3-2-4-6-17/h2-6,18-19,22H,7-15H2,1H3. The van der Waals surface area contributed by atoms with Gasteiger partial charge in [-0.2, -0.15) is 0 Å². The Bertz CT molecular complexity index is 758. The Morgan fingerprint density at radius 2 is 1.81 bits per heavy atom. The third kappa shape index (κ3) is 4.05. The third-order valence-electron chi connectivity index (χ3n) is 6.05. The number of hydrogen-bond donors (Lipinski definition) is 1. The number of nitrogens with zero attached hydrogens (tertiary/aromatic N) is 4. The molecule has 1 N–H and O–H groups in total. The Balaban J connectivity index is 1.36. The van der Waals surface area contributed by atoms with E-state index in [0.29, 0.717) is 17.7 Å². The maximum absolute atomic E-state index is 13.0. The van der Waals surface area contributed by atoms with Gasteiger partial charge in [-0.25, -0.2) is 4.68 Å². The average Bonchev–Trinajstić information content (AvgIpc) is 3.11. The van der Waals surface area contributed by atoms with Crippen LogP contribution in [0.1, 0.15) is 53.5 Å². The number of rotatable bonds is 4. The van der Waals surface area contributed by atoms with Crippen LogP contribution in [0.4, 0.5) is 0 Å². The zero-order valence-electron chi connectivity index (χ0n) is 16.1. The summed E-state index contributed by atoms with van der Waals surface area (Å²) in [5, 5.41) is 11.9. The van der Waals surface area contributed by atoms with Crippen molar-refractivity contribution in [3.05, 3.63) is 47.3 Å². The number of nitrogens with one attached hydrogen (secondary N) is 1. The van der Waals surface area contributed by atoms with Crippen LogP contribution >= 0.6 is 0 Å². The molecular formula is C21H29N5O. The lowest BCUT2D eigenvalue weighted by molar-refractivity contribution is 0.0683. The van der Waals surface area contributed by atoms with Gasteiger partial charge in [0.1, 0.15) is 0 Å². The summed E-state index contributed by atoms with van der Waals surface area (Å²) in [5.74, 6) is 0.703. The highest BCUT2D eigenvalue weighted by molar-refractivity contribution is 5.93. The van der Waals surface area contributed by atoms with Crippen molar-refractivity contribution >= 4 is 5.91 Å². The van der Waals surface area contributed by atoms with E-state index in [-0.39, 0.29) is 5.91 Å². The van der Waals surface area contributed by atoms with Crippen molar-refractivity contribution in [1.29, 1.82) is 0 Å². The zero-order chi connectivity index (χ0) is 18.6. The number of amides is 1. The van der Waals surface area contributed by atoms with Crippen LogP contribution < -0.4 is 5.32 Å². The van der Waals surface area contributed by atoms with E-state index in [9.17, 15) is 4.79 Å². The molecule has 1 aromatic carbocycles. The molecule has 0 unspecified atom stereocenters. The van der Waals surface area contributed by atoms with Gasteiger partial charge < -0.3 is 10.2 Å². The minimum atomic E-state index is 0.0471. The number of carbonyl (C=O) groups excluding carboxylic acids is 1. The van der Waals surface area contributed by atoms with E-state index in [1.807, 2.05) is 16.5 Å². The fourth-order valence-electron chi connectivity index (χ4n) is 4.37. The van der Waals surface area contributed by atoms with E-state index in [4.69, 9.17) is 0 Å². The molecule has 4 rings (SSSR count). The van der Waals surface area contributed by atoms with Crippen molar-refractivity contribution in [2.75, 3.05) is 26.2 Å². The maximum Gasteiger partial charge on any atom is 0.276 e. The molecule has 1 aromatic heterocycles. The lowest BCUT2D eigenvalue weighted by Gasteiger charge is -2.31. The van der Waals surface area contributed by atoms with Gasteiger partial charge in [0.05, 0.1) is 11.7 Å². The van der Waals surface area contributed by atoms with Gasteiger partial charge >= 0.3 is 0 Å². The number of carbonyl (C=O) groups is 1. The number of aromatic nitrogens is 3. The Kier molecular flexibility index (Phi) is 5.53. The molecule has 2 aliphatic heterocycles. The SMILES string of the molecule is Cc1c(C(=O)N2CCC(Cc3ccccc3)CC2)nnn1C1CCNCC1. The Morgan fingerprint density at radius 1 is 1.11 bits per heavy atom. The van der Waals surface area contributed by atoms with E-state index < -0.39 is 0 Å². The van der Waals surface area contributed by atoms with E-state index >= 15 is 0 Å². The Morgan fingerprint density at radius 3 is 2.52 bits per heavy atom. The smallest absolute Gasteiger partial charge is 0.276 e. The molecule has 1 amide bonds. The number of piperidine rings is 2. The van der Waals surface area contributed by atoms with Crippen molar-refractivity contribution in [1.82, 2.24) is 25.2 Å². The van der Waals surface area contributed by atoms with Gasteiger partial charge in [-0.15, -0.1) is 5.10 Å². The van der Waals surface area contributed by atoms with Crippen molar-refractivity contribution in [3.8, 4) is 0 Å². The van der Waals surface area contributed by atoms with Crippen molar-refractivity contribution in [2.24, 2.45) is 5.92 Å². The van der Waals surface area contributed by atoms with Gasteiger partial charge in [0.2, 0.25) is 0 Å². The summed E-state index contributed by atoms with van der Waals surface area (Å²) in [4.78, 5) is 14.9. The first-order chi connectivity index (χ1) is 13.2. The highest BCUT2D eigenvalue weighted by Gasteiger charge is 2.28. The Hall–Kier alpha value is -2.21. The summed E-state index contributed by atoms with van der Waals surface area (Å²) in [6.07, 6.45) is 5.31. The molecule has 27 heavy (non-hydrogen) atoms. The summed E-state index contributed by atoms with van der Waals surface area (Å²) in [7, 11) is 0. The fourth-order valence-corrected chi connectivity index (χ4v) is 4.37. The van der Waals surface area contributed by atoms with Crippen LogP contribution in [0.3, 0.4) is 0 Å². The molecule has 0 spiro atoms. The lowest BCUT2D eigenvalue weighted by atomic mass is 9.90. The van der Waals surface area contributed by atoms with E-state index in [1.54, 1.807) is 0 Å². The van der Waals surface area contributed by atoms with Gasteiger partial charge in [-0.05, 0) is 63.6 Å². The second-order valence-electron chi connectivity index (χ2n) is 7.87. The average molecular weight is 367 g/mol. The quantitative estimate of drug-likeness (QED) is 0.902. The highest BCUT2D eigenvalue weighted by atomic mass is 16.2. The number of hydrogen-bond acceptors (Lipinski definition) is 4. The summed E-state index contributed by atoms with van der Waals surface area (Å²) < 4.78 is 1.97. The molecule has 2 aromatic rings. The molecule has 0 aliphatic carbocycles. The van der Waals surface area contributed by atoms with E-state index in [0.717, 1.165) is 64.0 Å². The van der Waals surface area contributed by atoms with Gasteiger partial charge in [0.15, 0.2) is 5.69 Å². The monoisotopic (exact) mass is 367 g/mol. The molecule has 0 atom stereocenters. The normalized spacial score (nSPS) is 19.4. The van der Waals surface area contributed by atoms with Crippen LogP contribution in [0.2, 0.25) is 0 Å². The first kappa shape index (κ1) is 18.2. The zero-order valence-corrected chi connectivity index (χ0v) is 16.1. The molecule has 3 heterocycles. The molecule has 6 heteroatoms. The van der Waals surface area contributed by atoms with Crippen molar-refractivity contribution < 1.29 is 4.79 Å². The highest BCUT2D eigenvalue weighted by Crippen LogP contribution is 2.24. The van der Waals surface area contributed by atoms with Crippen LogP contribution in [0.25, 0.3) is 0 Å². The largest absolute Gasteiger partial charge is 0.337 e. The molecule has 2 aliphatic rings. The first-order valence-corrected chi connectivity index (χ1v) is 10.2. The van der Waals surface area contributed by atoms with Crippen molar-refractivity contribution in [3.63, 3.8) is 0 Å². The second kappa shape index (κ2) is 8.21. The lowest BCUT2D eigenvalue weighted by Crippen LogP contribution is -2.39. The molecule has 144 valence electrons. The topological polar surface area (TPSA) is 63.1 Å². The van der Waals surface area contributed by atoms with Crippen LogP contribution in [-0.4, -0.2) is 52.0 Å².